The molecule has 102 valence electrons. The Morgan fingerprint density at radius 3 is 2.76 bits per heavy atom. The molecular formula is C12H26N2O3. The van der Waals surface area contributed by atoms with Crippen molar-refractivity contribution >= 4 is 5.91 Å². The first kappa shape index (κ1) is 16.4. The molecule has 0 fully saturated rings. The highest BCUT2D eigenvalue weighted by Gasteiger charge is 2.08. The molecular weight excluding hydrogens is 220 g/mol. The number of amides is 1. The molecule has 1 unspecified atom stereocenters. The lowest BCUT2D eigenvalue weighted by Crippen LogP contribution is -2.37. The van der Waals surface area contributed by atoms with Gasteiger partial charge in [0.2, 0.25) is 5.91 Å². The van der Waals surface area contributed by atoms with Crippen LogP contribution in [0.1, 0.15) is 26.2 Å². The van der Waals surface area contributed by atoms with Gasteiger partial charge < -0.3 is 20.5 Å². The van der Waals surface area contributed by atoms with Crippen LogP contribution in [0.15, 0.2) is 0 Å². The SMILES string of the molecule is CCCC(CCO)CNC(=O)CNCCOC. The molecule has 1 amide bonds. The summed E-state index contributed by atoms with van der Waals surface area (Å²) >= 11 is 0. The van der Waals surface area contributed by atoms with Crippen molar-refractivity contribution in [3.8, 4) is 0 Å². The molecule has 17 heavy (non-hydrogen) atoms. The minimum absolute atomic E-state index is 0.000135. The highest BCUT2D eigenvalue weighted by molar-refractivity contribution is 5.77. The van der Waals surface area contributed by atoms with E-state index in [0.29, 0.717) is 32.2 Å². The van der Waals surface area contributed by atoms with Crippen LogP contribution in [-0.4, -0.2) is 51.0 Å². The first-order valence-electron chi connectivity index (χ1n) is 6.31. The summed E-state index contributed by atoms with van der Waals surface area (Å²) in [5.74, 6) is 0.382. The van der Waals surface area contributed by atoms with Crippen LogP contribution in [0, 0.1) is 5.92 Å². The quantitative estimate of drug-likeness (QED) is 0.453. The van der Waals surface area contributed by atoms with Crippen molar-refractivity contribution in [3.05, 3.63) is 0 Å². The van der Waals surface area contributed by atoms with Gasteiger partial charge in [-0.15, -0.1) is 0 Å². The summed E-state index contributed by atoms with van der Waals surface area (Å²) in [5.41, 5.74) is 0. The van der Waals surface area contributed by atoms with Gasteiger partial charge in [-0.05, 0) is 18.8 Å². The van der Waals surface area contributed by atoms with Crippen LogP contribution in [0.3, 0.4) is 0 Å². The summed E-state index contributed by atoms with van der Waals surface area (Å²) in [6, 6.07) is 0. The van der Waals surface area contributed by atoms with E-state index in [4.69, 9.17) is 9.84 Å². The van der Waals surface area contributed by atoms with E-state index < -0.39 is 0 Å². The predicted molar refractivity (Wildman–Crippen MR) is 67.9 cm³/mol. The first-order valence-corrected chi connectivity index (χ1v) is 6.31. The van der Waals surface area contributed by atoms with E-state index in [1.54, 1.807) is 7.11 Å². The average Bonchev–Trinajstić information content (AvgIpc) is 2.32. The van der Waals surface area contributed by atoms with Crippen LogP contribution in [0.4, 0.5) is 0 Å². The molecule has 1 atom stereocenters. The summed E-state index contributed by atoms with van der Waals surface area (Å²) in [4.78, 5) is 11.4. The molecule has 0 rings (SSSR count). The van der Waals surface area contributed by atoms with Gasteiger partial charge in [0.1, 0.15) is 0 Å². The predicted octanol–water partition coefficient (Wildman–Crippen LogP) is 0.137. The number of hydrogen-bond acceptors (Lipinski definition) is 4. The number of carbonyl (C=O) groups is 1. The van der Waals surface area contributed by atoms with Gasteiger partial charge in [0.05, 0.1) is 13.2 Å². The maximum Gasteiger partial charge on any atom is 0.233 e. The van der Waals surface area contributed by atoms with Gasteiger partial charge in [-0.3, -0.25) is 4.79 Å². The van der Waals surface area contributed by atoms with Gasteiger partial charge in [-0.2, -0.15) is 0 Å². The van der Waals surface area contributed by atoms with Crippen molar-refractivity contribution < 1.29 is 14.6 Å². The van der Waals surface area contributed by atoms with Crippen molar-refractivity contribution in [2.75, 3.05) is 40.0 Å². The Kier molecular flexibility index (Phi) is 11.4. The van der Waals surface area contributed by atoms with Crippen LogP contribution >= 0.6 is 0 Å². The molecule has 3 N–H and O–H groups in total. The fraction of sp³-hybridized carbons (Fsp3) is 0.917. The molecule has 0 aromatic heterocycles. The second-order valence-electron chi connectivity index (χ2n) is 4.14. The van der Waals surface area contributed by atoms with Gasteiger partial charge in [-0.25, -0.2) is 0 Å². The second-order valence-corrected chi connectivity index (χ2v) is 4.14. The smallest absolute Gasteiger partial charge is 0.233 e. The van der Waals surface area contributed by atoms with Crippen molar-refractivity contribution in [2.45, 2.75) is 26.2 Å². The molecule has 0 aliphatic rings. The summed E-state index contributed by atoms with van der Waals surface area (Å²) in [6.45, 7) is 4.56. The molecule has 0 saturated heterocycles. The fourth-order valence-electron chi connectivity index (χ4n) is 1.64. The molecule has 0 bridgehead atoms. The molecule has 0 aliphatic carbocycles. The largest absolute Gasteiger partial charge is 0.396 e. The monoisotopic (exact) mass is 246 g/mol. The van der Waals surface area contributed by atoms with E-state index in [9.17, 15) is 4.79 Å². The van der Waals surface area contributed by atoms with Crippen molar-refractivity contribution in [3.63, 3.8) is 0 Å². The molecule has 0 radical (unpaired) electrons. The number of ether oxygens (including phenoxy) is 1. The fourth-order valence-corrected chi connectivity index (χ4v) is 1.64. The van der Waals surface area contributed by atoms with Gasteiger partial charge in [0.15, 0.2) is 0 Å². The third kappa shape index (κ3) is 10.2. The lowest BCUT2D eigenvalue weighted by molar-refractivity contribution is -0.120. The Hall–Kier alpha value is -0.650. The number of aliphatic hydroxyl groups excluding tert-OH is 1. The zero-order chi connectivity index (χ0) is 12.9. The van der Waals surface area contributed by atoms with E-state index in [-0.39, 0.29) is 12.5 Å². The zero-order valence-electron chi connectivity index (χ0n) is 11.0. The molecule has 0 aliphatic heterocycles. The van der Waals surface area contributed by atoms with E-state index in [1.807, 2.05) is 0 Å². The Morgan fingerprint density at radius 2 is 2.18 bits per heavy atom. The maximum atomic E-state index is 11.4. The van der Waals surface area contributed by atoms with Crippen molar-refractivity contribution in [1.29, 1.82) is 0 Å². The molecule has 0 aromatic carbocycles. The Labute approximate surface area is 104 Å². The van der Waals surface area contributed by atoms with Gasteiger partial charge in [0, 0.05) is 26.8 Å². The van der Waals surface area contributed by atoms with Crippen molar-refractivity contribution in [2.24, 2.45) is 5.92 Å². The maximum absolute atomic E-state index is 11.4. The van der Waals surface area contributed by atoms with E-state index in [2.05, 4.69) is 17.6 Å². The normalized spacial score (nSPS) is 12.4. The Bertz CT molecular complexity index is 183. The van der Waals surface area contributed by atoms with Gasteiger partial charge in [-0.1, -0.05) is 13.3 Å². The molecule has 0 spiro atoms. The molecule has 5 heteroatoms. The Balaban J connectivity index is 3.57. The number of methoxy groups -OCH3 is 1. The van der Waals surface area contributed by atoms with Crippen LogP contribution in [0.25, 0.3) is 0 Å². The Morgan fingerprint density at radius 1 is 1.41 bits per heavy atom. The lowest BCUT2D eigenvalue weighted by atomic mass is 10.0. The van der Waals surface area contributed by atoms with E-state index in [1.165, 1.54) is 0 Å². The summed E-state index contributed by atoms with van der Waals surface area (Å²) < 4.78 is 4.86. The van der Waals surface area contributed by atoms with E-state index in [0.717, 1.165) is 19.3 Å². The number of nitrogens with one attached hydrogen (secondary N) is 2. The van der Waals surface area contributed by atoms with Crippen LogP contribution in [0.2, 0.25) is 0 Å². The molecule has 0 aromatic rings. The minimum atomic E-state index is 0.000135. The third-order valence-corrected chi connectivity index (χ3v) is 2.59. The summed E-state index contributed by atoms with van der Waals surface area (Å²) in [6.07, 6.45) is 2.87. The highest BCUT2D eigenvalue weighted by Crippen LogP contribution is 2.08. The van der Waals surface area contributed by atoms with Gasteiger partial charge >= 0.3 is 0 Å². The van der Waals surface area contributed by atoms with E-state index >= 15 is 0 Å². The zero-order valence-corrected chi connectivity index (χ0v) is 11.0. The number of hydrogen-bond donors (Lipinski definition) is 3. The lowest BCUT2D eigenvalue weighted by Gasteiger charge is -2.15. The van der Waals surface area contributed by atoms with Crippen LogP contribution < -0.4 is 10.6 Å². The molecule has 0 heterocycles. The second kappa shape index (κ2) is 11.8. The summed E-state index contributed by atoms with van der Waals surface area (Å²) in [5, 5.41) is 14.8. The standard InChI is InChI=1S/C12H26N2O3/c1-3-4-11(5-7-15)9-14-12(16)10-13-6-8-17-2/h11,13,15H,3-10H2,1-2H3,(H,14,16). The number of carbonyl (C=O) groups excluding carboxylic acids is 1. The van der Waals surface area contributed by atoms with Crippen molar-refractivity contribution in [1.82, 2.24) is 10.6 Å². The third-order valence-electron chi connectivity index (χ3n) is 2.59. The van der Waals surface area contributed by atoms with Gasteiger partial charge in [0.25, 0.3) is 0 Å². The number of rotatable bonds is 11. The topological polar surface area (TPSA) is 70.6 Å². The van der Waals surface area contributed by atoms with Crippen LogP contribution in [0.5, 0.6) is 0 Å². The average molecular weight is 246 g/mol. The highest BCUT2D eigenvalue weighted by atomic mass is 16.5. The minimum Gasteiger partial charge on any atom is -0.396 e. The molecule has 5 nitrogen and oxygen atoms in total. The first-order chi connectivity index (χ1) is 8.24. The van der Waals surface area contributed by atoms with Crippen LogP contribution in [-0.2, 0) is 9.53 Å². The summed E-state index contributed by atoms with van der Waals surface area (Å²) in [7, 11) is 1.63. The molecule has 0 saturated carbocycles. The number of aliphatic hydroxyl groups is 1.